The Kier molecular flexibility index (Phi) is 5.26. The van der Waals surface area contributed by atoms with Gasteiger partial charge in [0, 0.05) is 17.8 Å². The van der Waals surface area contributed by atoms with Crippen molar-refractivity contribution in [3.63, 3.8) is 0 Å². The van der Waals surface area contributed by atoms with Crippen LogP contribution < -0.4 is 9.47 Å². The minimum Gasteiger partial charge on any atom is -0.496 e. The zero-order chi connectivity index (χ0) is 18.6. The van der Waals surface area contributed by atoms with Gasteiger partial charge in [-0.1, -0.05) is 6.07 Å². The van der Waals surface area contributed by atoms with Gasteiger partial charge in [-0.25, -0.2) is 4.99 Å². The summed E-state index contributed by atoms with van der Waals surface area (Å²) >= 11 is 0. The van der Waals surface area contributed by atoms with Gasteiger partial charge in [-0.3, -0.25) is 10.1 Å². The molecular formula is C16H13F3N2O4. The molecule has 0 bridgehead atoms. The molecule has 9 heteroatoms. The summed E-state index contributed by atoms with van der Waals surface area (Å²) in [5.74, 6) is -0.206. The molecule has 0 saturated heterocycles. The van der Waals surface area contributed by atoms with E-state index < -0.39 is 17.0 Å². The Bertz CT molecular complexity index is 820. The highest BCUT2D eigenvalue weighted by molar-refractivity contribution is 5.87. The third-order valence-corrected chi connectivity index (χ3v) is 3.11. The summed E-state index contributed by atoms with van der Waals surface area (Å²) in [7, 11) is 1.34. The van der Waals surface area contributed by atoms with E-state index in [9.17, 15) is 23.3 Å². The molecule has 0 radical (unpaired) electrons. The van der Waals surface area contributed by atoms with Gasteiger partial charge >= 0.3 is 6.36 Å². The van der Waals surface area contributed by atoms with Crippen LogP contribution in [0.3, 0.4) is 0 Å². The average molecular weight is 354 g/mol. The lowest BCUT2D eigenvalue weighted by atomic mass is 10.2. The molecule has 132 valence electrons. The quantitative estimate of drug-likeness (QED) is 0.448. The van der Waals surface area contributed by atoms with Crippen molar-refractivity contribution in [3.05, 3.63) is 57.6 Å². The van der Waals surface area contributed by atoms with Crippen molar-refractivity contribution in [1.29, 1.82) is 0 Å². The second-order valence-corrected chi connectivity index (χ2v) is 4.96. The second-order valence-electron chi connectivity index (χ2n) is 4.96. The number of halogens is 3. The van der Waals surface area contributed by atoms with Crippen molar-refractivity contribution in [1.82, 2.24) is 0 Å². The van der Waals surface area contributed by atoms with E-state index in [0.29, 0.717) is 0 Å². The molecule has 25 heavy (non-hydrogen) atoms. The molecular weight excluding hydrogens is 341 g/mol. The van der Waals surface area contributed by atoms with Crippen LogP contribution in [0.4, 0.5) is 24.5 Å². The molecule has 0 spiro atoms. The number of alkyl halides is 3. The third-order valence-electron chi connectivity index (χ3n) is 3.11. The van der Waals surface area contributed by atoms with Crippen LogP contribution in [0.25, 0.3) is 0 Å². The zero-order valence-electron chi connectivity index (χ0n) is 13.2. The van der Waals surface area contributed by atoms with Crippen LogP contribution >= 0.6 is 0 Å². The van der Waals surface area contributed by atoms with E-state index in [1.54, 1.807) is 13.0 Å². The number of benzene rings is 2. The number of nitro groups is 1. The van der Waals surface area contributed by atoms with Gasteiger partial charge in [-0.05, 0) is 36.8 Å². The predicted octanol–water partition coefficient (Wildman–Crippen LogP) is 4.56. The monoisotopic (exact) mass is 354 g/mol. The second kappa shape index (κ2) is 7.20. The number of hydrogen-bond donors (Lipinski definition) is 0. The van der Waals surface area contributed by atoms with Crippen LogP contribution in [0.2, 0.25) is 0 Å². The van der Waals surface area contributed by atoms with E-state index in [-0.39, 0.29) is 22.7 Å². The molecule has 0 saturated carbocycles. The molecule has 0 fully saturated rings. The molecule has 2 rings (SSSR count). The molecule has 0 aliphatic rings. The number of hydrogen-bond acceptors (Lipinski definition) is 5. The van der Waals surface area contributed by atoms with Crippen LogP contribution in [0.5, 0.6) is 11.5 Å². The molecule has 0 atom stereocenters. The maximum atomic E-state index is 12.3. The maximum absolute atomic E-state index is 12.3. The first-order valence-corrected chi connectivity index (χ1v) is 6.92. The fourth-order valence-corrected chi connectivity index (χ4v) is 2.04. The maximum Gasteiger partial charge on any atom is 0.573 e. The molecule has 0 N–H and O–H groups in total. The van der Waals surface area contributed by atoms with E-state index in [0.717, 1.165) is 17.7 Å². The van der Waals surface area contributed by atoms with Crippen molar-refractivity contribution >= 4 is 17.6 Å². The Hall–Kier alpha value is -3.10. The molecule has 0 aromatic heterocycles. The highest BCUT2D eigenvalue weighted by Crippen LogP contribution is 2.30. The number of aliphatic imine (C=N–C) groups is 1. The SMILES string of the molecule is COc1ccc(OC(F)(F)F)cc1/C=N/c1cc(C)ccc1[N+](=O)[O-]. The van der Waals surface area contributed by atoms with E-state index >= 15 is 0 Å². The smallest absolute Gasteiger partial charge is 0.496 e. The Balaban J connectivity index is 2.42. The van der Waals surface area contributed by atoms with Gasteiger partial charge in [0.05, 0.1) is 12.0 Å². The number of rotatable bonds is 5. The first-order chi connectivity index (χ1) is 11.7. The highest BCUT2D eigenvalue weighted by Gasteiger charge is 2.31. The minimum absolute atomic E-state index is 0.0780. The predicted molar refractivity (Wildman–Crippen MR) is 84.8 cm³/mol. The van der Waals surface area contributed by atoms with Crippen molar-refractivity contribution in [2.45, 2.75) is 13.3 Å². The standard InChI is InChI=1S/C16H13F3N2O4/c1-10-3-5-14(21(22)23)13(7-10)20-9-11-8-12(25-16(17,18)19)4-6-15(11)24-2/h3-9H,1-2H3/b20-9+. The highest BCUT2D eigenvalue weighted by atomic mass is 19.4. The van der Waals surface area contributed by atoms with Crippen LogP contribution in [-0.2, 0) is 0 Å². The molecule has 6 nitrogen and oxygen atoms in total. The van der Waals surface area contributed by atoms with Crippen molar-refractivity contribution in [2.24, 2.45) is 4.99 Å². The van der Waals surface area contributed by atoms with Gasteiger partial charge < -0.3 is 9.47 Å². The fourth-order valence-electron chi connectivity index (χ4n) is 2.04. The molecule has 0 amide bonds. The van der Waals surface area contributed by atoms with Gasteiger partial charge in [0.15, 0.2) is 0 Å². The molecule has 2 aromatic rings. The average Bonchev–Trinajstić information content (AvgIpc) is 2.51. The number of nitrogens with zero attached hydrogens (tertiary/aromatic N) is 2. The van der Waals surface area contributed by atoms with Crippen molar-refractivity contribution in [3.8, 4) is 11.5 Å². The molecule has 0 aliphatic heterocycles. The Morgan fingerprint density at radius 1 is 1.20 bits per heavy atom. The zero-order valence-corrected chi connectivity index (χ0v) is 13.2. The lowest BCUT2D eigenvalue weighted by Gasteiger charge is -2.11. The van der Waals surface area contributed by atoms with Gasteiger partial charge in [-0.2, -0.15) is 0 Å². The lowest BCUT2D eigenvalue weighted by Crippen LogP contribution is -2.17. The van der Waals surface area contributed by atoms with E-state index in [2.05, 4.69) is 9.73 Å². The number of methoxy groups -OCH3 is 1. The van der Waals surface area contributed by atoms with Crippen molar-refractivity contribution < 1.29 is 27.6 Å². The Labute approximate surface area is 140 Å². The van der Waals surface area contributed by atoms with E-state index in [1.165, 1.54) is 31.5 Å². The summed E-state index contributed by atoms with van der Waals surface area (Å²) < 4.78 is 45.9. The molecule has 0 aliphatic carbocycles. The Morgan fingerprint density at radius 3 is 2.52 bits per heavy atom. The first-order valence-electron chi connectivity index (χ1n) is 6.92. The number of ether oxygens (including phenoxy) is 2. The van der Waals surface area contributed by atoms with E-state index in [1.807, 2.05) is 0 Å². The van der Waals surface area contributed by atoms with Crippen LogP contribution in [-0.4, -0.2) is 24.6 Å². The normalized spacial score (nSPS) is 11.6. The summed E-state index contributed by atoms with van der Waals surface area (Å²) in [6.45, 7) is 1.74. The first kappa shape index (κ1) is 18.2. The summed E-state index contributed by atoms with van der Waals surface area (Å²) in [5, 5.41) is 11.0. The van der Waals surface area contributed by atoms with Gasteiger partial charge in [0.1, 0.15) is 17.2 Å². The minimum atomic E-state index is -4.83. The van der Waals surface area contributed by atoms with Crippen LogP contribution in [0, 0.1) is 17.0 Å². The molecule has 2 aromatic carbocycles. The van der Waals surface area contributed by atoms with Crippen LogP contribution in [0.15, 0.2) is 41.4 Å². The van der Waals surface area contributed by atoms with Crippen molar-refractivity contribution in [2.75, 3.05) is 7.11 Å². The number of aryl methyl sites for hydroxylation is 1. The van der Waals surface area contributed by atoms with Gasteiger partial charge in [-0.15, -0.1) is 13.2 Å². The number of nitro benzene ring substituents is 1. The van der Waals surface area contributed by atoms with Crippen LogP contribution in [0.1, 0.15) is 11.1 Å². The fraction of sp³-hybridized carbons (Fsp3) is 0.188. The summed E-state index contributed by atoms with van der Waals surface area (Å²) in [4.78, 5) is 14.5. The Morgan fingerprint density at radius 2 is 1.92 bits per heavy atom. The van der Waals surface area contributed by atoms with E-state index in [4.69, 9.17) is 4.74 Å². The lowest BCUT2D eigenvalue weighted by molar-refractivity contribution is -0.384. The summed E-state index contributed by atoms with van der Waals surface area (Å²) in [5.41, 5.74) is 0.789. The third kappa shape index (κ3) is 4.93. The van der Waals surface area contributed by atoms with Gasteiger partial charge in [0.2, 0.25) is 0 Å². The summed E-state index contributed by atoms with van der Waals surface area (Å²) in [6, 6.07) is 7.83. The molecule has 0 unspecified atom stereocenters. The molecule has 0 heterocycles. The largest absolute Gasteiger partial charge is 0.573 e. The summed E-state index contributed by atoms with van der Waals surface area (Å²) in [6.07, 6.45) is -3.65. The van der Waals surface area contributed by atoms with Gasteiger partial charge in [0.25, 0.3) is 5.69 Å². The topological polar surface area (TPSA) is 74.0 Å².